The van der Waals surface area contributed by atoms with Crippen molar-refractivity contribution in [2.75, 3.05) is 19.7 Å². The Hall–Kier alpha value is 0.460. The maximum atomic E-state index is 9.50. The molecule has 1 aliphatic rings. The second-order valence-electron chi connectivity index (χ2n) is 8.66. The van der Waals surface area contributed by atoms with Gasteiger partial charge in [-0.2, -0.15) is 0 Å². The van der Waals surface area contributed by atoms with Crippen LogP contribution in [0, 0.1) is 5.92 Å². The van der Waals surface area contributed by atoms with E-state index in [0.29, 0.717) is 12.5 Å². The van der Waals surface area contributed by atoms with Gasteiger partial charge < -0.3 is 5.11 Å². The van der Waals surface area contributed by atoms with Crippen molar-refractivity contribution in [1.82, 2.24) is 9.80 Å². The largest absolute Gasteiger partial charge is 0.395 e. The maximum absolute atomic E-state index is 9.50. The number of halogens is 2. The van der Waals surface area contributed by atoms with E-state index in [1.165, 1.54) is 70.6 Å². The van der Waals surface area contributed by atoms with Crippen molar-refractivity contribution in [2.45, 2.75) is 121 Å². The van der Waals surface area contributed by atoms with E-state index in [-0.39, 0.29) is 23.8 Å². The maximum Gasteiger partial charge on any atom is 0.116 e. The van der Waals surface area contributed by atoms with Gasteiger partial charge in [0, 0.05) is 13.1 Å². The van der Waals surface area contributed by atoms with E-state index in [2.05, 4.69) is 30.6 Å². The summed E-state index contributed by atoms with van der Waals surface area (Å²) in [5.41, 5.74) is -0.384. The molecule has 28 heavy (non-hydrogen) atoms. The molecule has 1 heterocycles. The molecule has 0 amide bonds. The lowest BCUT2D eigenvalue weighted by Gasteiger charge is -2.35. The SMILES string of the molecule is CCCCCCCCCCCCC(C)C1N(CCO)C(Cl)C(Cl)N1CCCC. The lowest BCUT2D eigenvalue weighted by Crippen LogP contribution is -2.46. The third-order valence-corrected chi connectivity index (χ3v) is 7.30. The van der Waals surface area contributed by atoms with Crippen LogP contribution in [-0.2, 0) is 0 Å². The van der Waals surface area contributed by atoms with Crippen LogP contribution in [0.2, 0.25) is 0 Å². The molecule has 4 unspecified atom stereocenters. The predicted molar refractivity (Wildman–Crippen MR) is 124 cm³/mol. The third kappa shape index (κ3) is 9.08. The molecule has 1 saturated heterocycles. The van der Waals surface area contributed by atoms with E-state index in [0.717, 1.165) is 19.4 Å². The molecule has 0 aliphatic carbocycles. The second kappa shape index (κ2) is 16.2. The van der Waals surface area contributed by atoms with E-state index < -0.39 is 0 Å². The minimum atomic E-state index is -0.217. The van der Waals surface area contributed by atoms with Gasteiger partial charge in [0.1, 0.15) is 11.0 Å². The van der Waals surface area contributed by atoms with Gasteiger partial charge in [0.2, 0.25) is 0 Å². The number of unbranched alkanes of at least 4 members (excludes halogenated alkanes) is 10. The zero-order chi connectivity index (χ0) is 20.8. The zero-order valence-corrected chi connectivity index (χ0v) is 20.2. The van der Waals surface area contributed by atoms with Crippen molar-refractivity contribution >= 4 is 23.2 Å². The van der Waals surface area contributed by atoms with E-state index in [4.69, 9.17) is 23.2 Å². The minimum Gasteiger partial charge on any atom is -0.395 e. The molecule has 1 N–H and O–H groups in total. The Labute approximate surface area is 185 Å². The third-order valence-electron chi connectivity index (χ3n) is 6.19. The Kier molecular flexibility index (Phi) is 15.3. The van der Waals surface area contributed by atoms with E-state index >= 15 is 0 Å². The summed E-state index contributed by atoms with van der Waals surface area (Å²) in [6, 6.07) is 0. The Morgan fingerprint density at radius 1 is 0.714 bits per heavy atom. The Morgan fingerprint density at radius 3 is 1.68 bits per heavy atom. The number of hydrogen-bond acceptors (Lipinski definition) is 3. The number of rotatable bonds is 17. The van der Waals surface area contributed by atoms with Crippen molar-refractivity contribution in [2.24, 2.45) is 5.92 Å². The first-order valence-corrected chi connectivity index (χ1v) is 12.9. The topological polar surface area (TPSA) is 26.7 Å². The monoisotopic (exact) mass is 436 g/mol. The van der Waals surface area contributed by atoms with Gasteiger partial charge >= 0.3 is 0 Å². The number of hydrogen-bond donors (Lipinski definition) is 1. The van der Waals surface area contributed by atoms with Crippen molar-refractivity contribution in [3.05, 3.63) is 0 Å². The van der Waals surface area contributed by atoms with Crippen LogP contribution in [0.3, 0.4) is 0 Å². The summed E-state index contributed by atoms with van der Waals surface area (Å²) < 4.78 is 0. The highest BCUT2D eigenvalue weighted by atomic mass is 35.5. The zero-order valence-electron chi connectivity index (χ0n) is 18.7. The fourth-order valence-electron chi connectivity index (χ4n) is 4.52. The van der Waals surface area contributed by atoms with Gasteiger partial charge in [-0.25, -0.2) is 0 Å². The molecule has 0 bridgehead atoms. The molecule has 0 radical (unpaired) electrons. The first-order chi connectivity index (χ1) is 13.6. The Morgan fingerprint density at radius 2 is 1.18 bits per heavy atom. The first kappa shape index (κ1) is 26.5. The molecular formula is C23H46Cl2N2O. The van der Waals surface area contributed by atoms with Gasteiger partial charge in [0.15, 0.2) is 0 Å². The normalized spacial score (nSPS) is 24.9. The standard InChI is InChI=1S/C23H46Cl2N2O/c1-4-6-8-9-10-11-12-13-14-15-16-20(3)23-26(17-7-5-2)21(24)22(25)27(23)18-19-28/h20-23,28H,4-19H2,1-3H3. The van der Waals surface area contributed by atoms with Crippen molar-refractivity contribution in [3.63, 3.8) is 0 Å². The fraction of sp³-hybridized carbons (Fsp3) is 1.00. The fourth-order valence-corrected chi connectivity index (χ4v) is 5.24. The van der Waals surface area contributed by atoms with Crippen LogP contribution in [0.4, 0.5) is 0 Å². The minimum absolute atomic E-state index is 0.135. The van der Waals surface area contributed by atoms with Crippen LogP contribution in [0.15, 0.2) is 0 Å². The summed E-state index contributed by atoms with van der Waals surface area (Å²) in [6.45, 7) is 8.55. The number of nitrogens with zero attached hydrogens (tertiary/aromatic N) is 2. The van der Waals surface area contributed by atoms with Crippen molar-refractivity contribution < 1.29 is 5.11 Å². The van der Waals surface area contributed by atoms with Crippen LogP contribution >= 0.6 is 23.2 Å². The quantitative estimate of drug-likeness (QED) is 0.154. The molecule has 0 aromatic carbocycles. The summed E-state index contributed by atoms with van der Waals surface area (Å²) in [5, 5.41) is 9.50. The van der Waals surface area contributed by atoms with Crippen molar-refractivity contribution in [1.29, 1.82) is 0 Å². The summed E-state index contributed by atoms with van der Waals surface area (Å²) >= 11 is 13.3. The van der Waals surface area contributed by atoms with Gasteiger partial charge in [-0.05, 0) is 18.8 Å². The summed E-state index contributed by atoms with van der Waals surface area (Å²) in [7, 11) is 0. The van der Waals surface area contributed by atoms with E-state index in [1.54, 1.807) is 0 Å². The number of alkyl halides is 2. The molecule has 0 saturated carbocycles. The number of aliphatic hydroxyl groups excluding tert-OH is 1. The predicted octanol–water partition coefficient (Wildman–Crippen LogP) is 6.80. The van der Waals surface area contributed by atoms with Gasteiger partial charge in [-0.15, -0.1) is 23.2 Å². The Balaban J connectivity index is 2.34. The smallest absolute Gasteiger partial charge is 0.116 e. The molecule has 0 spiro atoms. The number of aliphatic hydroxyl groups is 1. The van der Waals surface area contributed by atoms with Gasteiger partial charge in [-0.3, -0.25) is 9.80 Å². The average Bonchev–Trinajstić information content (AvgIpc) is 2.92. The molecule has 1 fully saturated rings. The average molecular weight is 438 g/mol. The Bertz CT molecular complexity index is 373. The van der Waals surface area contributed by atoms with Crippen LogP contribution in [0.5, 0.6) is 0 Å². The molecule has 5 heteroatoms. The molecule has 0 aromatic rings. The van der Waals surface area contributed by atoms with E-state index in [1.807, 2.05) is 0 Å². The summed E-state index contributed by atoms with van der Waals surface area (Å²) in [6.07, 6.45) is 17.5. The van der Waals surface area contributed by atoms with Crippen LogP contribution in [-0.4, -0.2) is 51.8 Å². The summed E-state index contributed by atoms with van der Waals surface area (Å²) in [5.74, 6) is 0.516. The summed E-state index contributed by atoms with van der Waals surface area (Å²) in [4.78, 5) is 4.59. The number of β-amino-alcohol motifs (C(OH)–C–C–N with tert-alkyl or cyclic N) is 1. The molecule has 1 aliphatic heterocycles. The molecular weight excluding hydrogens is 391 g/mol. The van der Waals surface area contributed by atoms with Crippen LogP contribution < -0.4 is 0 Å². The van der Waals surface area contributed by atoms with Gasteiger partial charge in [-0.1, -0.05) is 91.4 Å². The molecule has 168 valence electrons. The highest BCUT2D eigenvalue weighted by Crippen LogP contribution is 2.36. The first-order valence-electron chi connectivity index (χ1n) is 12.0. The molecule has 0 aromatic heterocycles. The highest BCUT2D eigenvalue weighted by Gasteiger charge is 2.46. The second-order valence-corrected chi connectivity index (χ2v) is 9.55. The molecule has 1 rings (SSSR count). The van der Waals surface area contributed by atoms with E-state index in [9.17, 15) is 5.11 Å². The lowest BCUT2D eigenvalue weighted by atomic mass is 9.97. The lowest BCUT2D eigenvalue weighted by molar-refractivity contribution is 0.0604. The van der Waals surface area contributed by atoms with Gasteiger partial charge in [0.05, 0.1) is 12.8 Å². The van der Waals surface area contributed by atoms with Crippen molar-refractivity contribution in [3.8, 4) is 0 Å². The molecule has 3 nitrogen and oxygen atoms in total. The molecule has 4 atom stereocenters. The van der Waals surface area contributed by atoms with Crippen LogP contribution in [0.25, 0.3) is 0 Å². The van der Waals surface area contributed by atoms with Gasteiger partial charge in [0.25, 0.3) is 0 Å². The van der Waals surface area contributed by atoms with Crippen LogP contribution in [0.1, 0.15) is 104 Å². The highest BCUT2D eigenvalue weighted by molar-refractivity contribution is 6.29.